The van der Waals surface area contributed by atoms with E-state index in [-0.39, 0.29) is 0 Å². The maximum Gasteiger partial charge on any atom is 0.191 e. The van der Waals surface area contributed by atoms with Crippen LogP contribution in [0, 0.1) is 0 Å². The Kier molecular flexibility index (Phi) is 5.93. The number of nitrogens with one attached hydrogen (secondary N) is 2. The third-order valence-corrected chi connectivity index (χ3v) is 3.87. The molecular weight excluding hydrogens is 314 g/mol. The summed E-state index contributed by atoms with van der Waals surface area (Å²) in [5.41, 5.74) is 0. The van der Waals surface area contributed by atoms with Gasteiger partial charge in [-0.2, -0.15) is 0 Å². The van der Waals surface area contributed by atoms with Crippen LogP contribution in [0.2, 0.25) is 0 Å². The number of rotatable bonds is 7. The molecule has 0 spiro atoms. The molecule has 0 aliphatic carbocycles. The smallest absolute Gasteiger partial charge is 0.191 e. The predicted molar refractivity (Wildman–Crippen MR) is 101 cm³/mol. The second kappa shape index (κ2) is 8.78. The van der Waals surface area contributed by atoms with E-state index in [4.69, 9.17) is 9.15 Å². The molecule has 0 fully saturated rings. The fourth-order valence-electron chi connectivity index (χ4n) is 2.63. The number of nitrogens with zero attached hydrogens (tertiary/aromatic N) is 1. The molecule has 130 valence electrons. The van der Waals surface area contributed by atoms with Crippen molar-refractivity contribution in [3.8, 4) is 5.75 Å². The van der Waals surface area contributed by atoms with Crippen molar-refractivity contribution in [3.05, 3.63) is 66.6 Å². The van der Waals surface area contributed by atoms with Crippen LogP contribution in [-0.2, 0) is 6.42 Å². The Balaban J connectivity index is 1.42. The molecule has 0 unspecified atom stereocenters. The first-order chi connectivity index (χ1) is 12.4. The molecule has 2 N–H and O–H groups in total. The van der Waals surface area contributed by atoms with Gasteiger partial charge in [-0.05, 0) is 23.6 Å². The first kappa shape index (κ1) is 16.9. The Bertz CT molecular complexity index is 807. The van der Waals surface area contributed by atoms with Crippen molar-refractivity contribution in [3.63, 3.8) is 0 Å². The van der Waals surface area contributed by atoms with Crippen LogP contribution in [0.5, 0.6) is 5.75 Å². The van der Waals surface area contributed by atoms with E-state index in [1.54, 1.807) is 13.3 Å². The van der Waals surface area contributed by atoms with E-state index >= 15 is 0 Å². The van der Waals surface area contributed by atoms with Gasteiger partial charge in [0, 0.05) is 25.4 Å². The summed E-state index contributed by atoms with van der Waals surface area (Å²) < 4.78 is 11.2. The lowest BCUT2D eigenvalue weighted by Gasteiger charge is -2.13. The Morgan fingerprint density at radius 1 is 1.00 bits per heavy atom. The second-order valence-electron chi connectivity index (χ2n) is 5.58. The summed E-state index contributed by atoms with van der Waals surface area (Å²) in [5, 5.41) is 8.82. The number of benzene rings is 2. The van der Waals surface area contributed by atoms with E-state index in [9.17, 15) is 0 Å². The molecule has 1 aromatic heterocycles. The maximum absolute atomic E-state index is 5.92. The molecule has 5 heteroatoms. The highest BCUT2D eigenvalue weighted by molar-refractivity contribution is 5.88. The van der Waals surface area contributed by atoms with E-state index < -0.39 is 0 Å². The molecule has 0 aliphatic heterocycles. The lowest BCUT2D eigenvalue weighted by Crippen LogP contribution is -2.40. The zero-order valence-corrected chi connectivity index (χ0v) is 14.4. The largest absolute Gasteiger partial charge is 0.491 e. The van der Waals surface area contributed by atoms with Crippen LogP contribution in [0.4, 0.5) is 0 Å². The van der Waals surface area contributed by atoms with Gasteiger partial charge in [0.1, 0.15) is 18.1 Å². The van der Waals surface area contributed by atoms with Crippen LogP contribution in [0.3, 0.4) is 0 Å². The van der Waals surface area contributed by atoms with Crippen LogP contribution >= 0.6 is 0 Å². The molecule has 3 rings (SSSR count). The lowest BCUT2D eigenvalue weighted by molar-refractivity contribution is 0.325. The fraction of sp³-hybridized carbons (Fsp3) is 0.250. The SMILES string of the molecule is CN=C(NCCOc1cccc2ccccc12)NCCc1ccco1. The van der Waals surface area contributed by atoms with Gasteiger partial charge in [-0.15, -0.1) is 0 Å². The number of furan rings is 1. The molecule has 0 amide bonds. The Hall–Kier alpha value is -2.95. The number of hydrogen-bond acceptors (Lipinski definition) is 3. The third-order valence-electron chi connectivity index (χ3n) is 3.87. The molecule has 0 radical (unpaired) electrons. The van der Waals surface area contributed by atoms with Gasteiger partial charge in [0.05, 0.1) is 12.8 Å². The highest BCUT2D eigenvalue weighted by Crippen LogP contribution is 2.24. The minimum absolute atomic E-state index is 0.562. The van der Waals surface area contributed by atoms with Crippen LogP contribution in [0.1, 0.15) is 5.76 Å². The van der Waals surface area contributed by atoms with Crippen LogP contribution in [0.25, 0.3) is 10.8 Å². The standard InChI is InChI=1S/C20H23N3O2/c1-21-20(22-12-11-17-8-5-14-24-17)23-13-15-25-19-10-4-7-16-6-2-3-9-18(16)19/h2-10,14H,11-13,15H2,1H3,(H2,21,22,23). The van der Waals surface area contributed by atoms with Crippen LogP contribution in [-0.4, -0.2) is 32.7 Å². The van der Waals surface area contributed by atoms with Crippen molar-refractivity contribution in [2.24, 2.45) is 4.99 Å². The summed E-state index contributed by atoms with van der Waals surface area (Å²) in [7, 11) is 1.76. The molecule has 2 aromatic carbocycles. The number of aliphatic imine (C=N–C) groups is 1. The van der Waals surface area contributed by atoms with Gasteiger partial charge in [0.2, 0.25) is 0 Å². The molecule has 0 saturated carbocycles. The van der Waals surface area contributed by atoms with Gasteiger partial charge < -0.3 is 19.8 Å². The van der Waals surface area contributed by atoms with Crippen LogP contribution < -0.4 is 15.4 Å². The first-order valence-corrected chi connectivity index (χ1v) is 8.44. The highest BCUT2D eigenvalue weighted by Gasteiger charge is 2.02. The van der Waals surface area contributed by atoms with Gasteiger partial charge in [0.15, 0.2) is 5.96 Å². The molecule has 1 heterocycles. The summed E-state index contributed by atoms with van der Waals surface area (Å²) in [6, 6.07) is 18.2. The molecule has 0 atom stereocenters. The zero-order chi connectivity index (χ0) is 17.3. The number of hydrogen-bond donors (Lipinski definition) is 2. The molecule has 3 aromatic rings. The van der Waals surface area contributed by atoms with Crippen molar-refractivity contribution in [1.29, 1.82) is 0 Å². The quantitative estimate of drug-likeness (QED) is 0.395. The van der Waals surface area contributed by atoms with Gasteiger partial charge in [0.25, 0.3) is 0 Å². The van der Waals surface area contributed by atoms with Crippen molar-refractivity contribution in [2.75, 3.05) is 26.7 Å². The van der Waals surface area contributed by atoms with Crippen molar-refractivity contribution < 1.29 is 9.15 Å². The average molecular weight is 337 g/mol. The molecule has 0 saturated heterocycles. The van der Waals surface area contributed by atoms with E-state index in [1.165, 1.54) is 5.39 Å². The first-order valence-electron chi connectivity index (χ1n) is 8.44. The number of ether oxygens (including phenoxy) is 1. The summed E-state index contributed by atoms with van der Waals surface area (Å²) >= 11 is 0. The van der Waals surface area contributed by atoms with Gasteiger partial charge in [-0.1, -0.05) is 36.4 Å². The fourth-order valence-corrected chi connectivity index (χ4v) is 2.63. The second-order valence-corrected chi connectivity index (χ2v) is 5.58. The maximum atomic E-state index is 5.92. The molecule has 5 nitrogen and oxygen atoms in total. The topological polar surface area (TPSA) is 58.8 Å². The van der Waals surface area contributed by atoms with Gasteiger partial charge in [-0.25, -0.2) is 0 Å². The van der Waals surface area contributed by atoms with E-state index in [0.29, 0.717) is 13.2 Å². The van der Waals surface area contributed by atoms with Gasteiger partial charge >= 0.3 is 0 Å². The molecule has 0 aliphatic rings. The molecule has 25 heavy (non-hydrogen) atoms. The molecular formula is C20H23N3O2. The minimum atomic E-state index is 0.562. The summed E-state index contributed by atoms with van der Waals surface area (Å²) in [5.74, 6) is 2.62. The van der Waals surface area contributed by atoms with E-state index in [1.807, 2.05) is 36.4 Å². The van der Waals surface area contributed by atoms with Crippen molar-refractivity contribution in [1.82, 2.24) is 10.6 Å². The average Bonchev–Trinajstić information content (AvgIpc) is 3.17. The highest BCUT2D eigenvalue weighted by atomic mass is 16.5. The summed E-state index contributed by atoms with van der Waals surface area (Å²) in [4.78, 5) is 4.21. The monoisotopic (exact) mass is 337 g/mol. The van der Waals surface area contributed by atoms with Gasteiger partial charge in [-0.3, -0.25) is 4.99 Å². The minimum Gasteiger partial charge on any atom is -0.491 e. The van der Waals surface area contributed by atoms with E-state index in [0.717, 1.165) is 35.8 Å². The Morgan fingerprint density at radius 3 is 2.68 bits per heavy atom. The zero-order valence-electron chi connectivity index (χ0n) is 14.4. The van der Waals surface area contributed by atoms with Crippen molar-refractivity contribution >= 4 is 16.7 Å². The lowest BCUT2D eigenvalue weighted by atomic mass is 10.1. The van der Waals surface area contributed by atoms with E-state index in [2.05, 4.69) is 33.8 Å². The third kappa shape index (κ3) is 4.76. The van der Waals surface area contributed by atoms with Crippen LogP contribution in [0.15, 0.2) is 70.3 Å². The number of fused-ring (bicyclic) bond motifs is 1. The summed E-state index contributed by atoms with van der Waals surface area (Å²) in [6.07, 6.45) is 2.51. The summed E-state index contributed by atoms with van der Waals surface area (Å²) in [6.45, 7) is 1.99. The Morgan fingerprint density at radius 2 is 1.84 bits per heavy atom. The number of guanidine groups is 1. The normalized spacial score (nSPS) is 11.5. The predicted octanol–water partition coefficient (Wildman–Crippen LogP) is 3.22. The Labute approximate surface area is 147 Å². The molecule has 0 bridgehead atoms. The van der Waals surface area contributed by atoms with Crippen molar-refractivity contribution in [2.45, 2.75) is 6.42 Å².